The number of rotatable bonds is 8. The van der Waals surface area contributed by atoms with Crippen LogP contribution >= 0.6 is 0 Å². The molecule has 0 radical (unpaired) electrons. The van der Waals surface area contributed by atoms with Crippen LogP contribution in [0.1, 0.15) is 45.9 Å². The zero-order chi connectivity index (χ0) is 12.7. The maximum Gasteiger partial charge on any atom is 0.183 e. The fourth-order valence-corrected chi connectivity index (χ4v) is 2.03. The molecule has 1 aromatic heterocycles. The zero-order valence-corrected chi connectivity index (χ0v) is 11.0. The molecule has 0 aliphatic rings. The monoisotopic (exact) mass is 241 g/mol. The highest BCUT2D eigenvalue weighted by Gasteiger charge is 2.34. The third-order valence-corrected chi connectivity index (χ3v) is 3.08. The average Bonchev–Trinajstić information content (AvgIpc) is 2.82. The number of aromatic nitrogens is 4. The highest BCUT2D eigenvalue weighted by molar-refractivity contribution is 4.99. The van der Waals surface area contributed by atoms with E-state index in [1.807, 2.05) is 11.6 Å². The van der Waals surface area contributed by atoms with E-state index in [9.17, 15) is 0 Å². The van der Waals surface area contributed by atoms with Gasteiger partial charge in [0.1, 0.15) is 5.60 Å². The molecule has 1 aromatic rings. The molecule has 0 unspecified atom stereocenters. The van der Waals surface area contributed by atoms with Crippen molar-refractivity contribution in [2.24, 2.45) is 5.73 Å². The maximum absolute atomic E-state index is 5.90. The van der Waals surface area contributed by atoms with E-state index in [0.717, 1.165) is 31.6 Å². The predicted molar refractivity (Wildman–Crippen MR) is 65.4 cm³/mol. The molecule has 1 heterocycles. The molecule has 0 amide bonds. The zero-order valence-electron chi connectivity index (χ0n) is 11.0. The molecular weight excluding hydrogens is 218 g/mol. The largest absolute Gasteiger partial charge is 0.367 e. The molecule has 98 valence electrons. The van der Waals surface area contributed by atoms with Crippen LogP contribution in [0.4, 0.5) is 0 Å². The SMILES string of the molecule is CCOC(CC)(CC)c1nnnn1CCCN. The van der Waals surface area contributed by atoms with Gasteiger partial charge in [0, 0.05) is 13.2 Å². The van der Waals surface area contributed by atoms with E-state index in [4.69, 9.17) is 10.5 Å². The summed E-state index contributed by atoms with van der Waals surface area (Å²) >= 11 is 0. The summed E-state index contributed by atoms with van der Waals surface area (Å²) in [6.07, 6.45) is 2.59. The molecule has 0 saturated carbocycles. The van der Waals surface area contributed by atoms with Gasteiger partial charge in [0.05, 0.1) is 0 Å². The van der Waals surface area contributed by atoms with Crippen LogP contribution < -0.4 is 5.73 Å². The Hall–Kier alpha value is -1.01. The summed E-state index contributed by atoms with van der Waals surface area (Å²) < 4.78 is 7.71. The molecule has 1 rings (SSSR count). The van der Waals surface area contributed by atoms with Gasteiger partial charge in [0.15, 0.2) is 5.82 Å². The van der Waals surface area contributed by atoms with Crippen molar-refractivity contribution in [1.82, 2.24) is 20.2 Å². The van der Waals surface area contributed by atoms with Crippen molar-refractivity contribution in [1.29, 1.82) is 0 Å². The summed E-state index contributed by atoms with van der Waals surface area (Å²) in [5.74, 6) is 0.817. The number of hydrogen-bond acceptors (Lipinski definition) is 5. The fraction of sp³-hybridized carbons (Fsp3) is 0.909. The third kappa shape index (κ3) is 3.01. The average molecular weight is 241 g/mol. The van der Waals surface area contributed by atoms with E-state index in [-0.39, 0.29) is 5.60 Å². The first-order valence-electron chi connectivity index (χ1n) is 6.34. The predicted octanol–water partition coefficient (Wildman–Crippen LogP) is 1.07. The van der Waals surface area contributed by atoms with Gasteiger partial charge in [0.25, 0.3) is 0 Å². The number of tetrazole rings is 1. The van der Waals surface area contributed by atoms with Gasteiger partial charge in [-0.15, -0.1) is 5.10 Å². The van der Waals surface area contributed by atoms with Gasteiger partial charge in [-0.25, -0.2) is 4.68 Å². The van der Waals surface area contributed by atoms with Crippen LogP contribution in [0.5, 0.6) is 0 Å². The number of aryl methyl sites for hydroxylation is 1. The van der Waals surface area contributed by atoms with E-state index >= 15 is 0 Å². The smallest absolute Gasteiger partial charge is 0.183 e. The standard InChI is InChI=1S/C11H23N5O/c1-4-11(5-2,17-6-3)10-13-14-15-16(10)9-7-8-12/h4-9,12H2,1-3H3. The maximum atomic E-state index is 5.90. The van der Waals surface area contributed by atoms with Crippen molar-refractivity contribution in [3.8, 4) is 0 Å². The summed E-state index contributed by atoms with van der Waals surface area (Å²) in [4.78, 5) is 0. The molecule has 0 aliphatic carbocycles. The Labute approximate surface area is 103 Å². The molecular formula is C11H23N5O. The summed E-state index contributed by atoms with van der Waals surface area (Å²) in [5, 5.41) is 11.9. The lowest BCUT2D eigenvalue weighted by molar-refractivity contribution is -0.0603. The lowest BCUT2D eigenvalue weighted by atomic mass is 9.96. The highest BCUT2D eigenvalue weighted by atomic mass is 16.5. The van der Waals surface area contributed by atoms with Crippen LogP contribution in [0.25, 0.3) is 0 Å². The first-order valence-corrected chi connectivity index (χ1v) is 6.34. The molecule has 6 heteroatoms. The van der Waals surface area contributed by atoms with Crippen LogP contribution in [-0.4, -0.2) is 33.4 Å². The molecule has 0 bridgehead atoms. The number of nitrogens with two attached hydrogens (primary N) is 1. The van der Waals surface area contributed by atoms with E-state index in [2.05, 4.69) is 29.4 Å². The van der Waals surface area contributed by atoms with Gasteiger partial charge in [-0.1, -0.05) is 13.8 Å². The Morgan fingerprint density at radius 3 is 2.53 bits per heavy atom. The molecule has 2 N–H and O–H groups in total. The van der Waals surface area contributed by atoms with Crippen LogP contribution in [0.3, 0.4) is 0 Å². The van der Waals surface area contributed by atoms with Crippen molar-refractivity contribution < 1.29 is 4.74 Å². The second kappa shape index (κ2) is 6.66. The first-order chi connectivity index (χ1) is 8.24. The van der Waals surface area contributed by atoms with Gasteiger partial charge in [-0.2, -0.15) is 0 Å². The van der Waals surface area contributed by atoms with Crippen molar-refractivity contribution in [3.05, 3.63) is 5.82 Å². The highest BCUT2D eigenvalue weighted by Crippen LogP contribution is 2.31. The Morgan fingerprint density at radius 2 is 2.00 bits per heavy atom. The quantitative estimate of drug-likeness (QED) is 0.736. The first kappa shape index (κ1) is 14.1. The number of nitrogens with zero attached hydrogens (tertiary/aromatic N) is 4. The third-order valence-electron chi connectivity index (χ3n) is 3.08. The minimum atomic E-state index is -0.368. The van der Waals surface area contributed by atoms with E-state index in [0.29, 0.717) is 13.2 Å². The van der Waals surface area contributed by atoms with E-state index in [1.165, 1.54) is 0 Å². The summed E-state index contributed by atoms with van der Waals surface area (Å²) in [5.41, 5.74) is 5.15. The second-order valence-electron chi connectivity index (χ2n) is 4.00. The van der Waals surface area contributed by atoms with Crippen LogP contribution in [-0.2, 0) is 16.9 Å². The molecule has 0 aromatic carbocycles. The number of ether oxygens (including phenoxy) is 1. The van der Waals surface area contributed by atoms with Gasteiger partial charge >= 0.3 is 0 Å². The Bertz CT molecular complexity index is 321. The Morgan fingerprint density at radius 1 is 1.29 bits per heavy atom. The topological polar surface area (TPSA) is 78.9 Å². The Kier molecular flexibility index (Phi) is 5.50. The van der Waals surface area contributed by atoms with Gasteiger partial charge in [0.2, 0.25) is 0 Å². The molecule has 0 aliphatic heterocycles. The van der Waals surface area contributed by atoms with Crippen LogP contribution in [0, 0.1) is 0 Å². The summed E-state index contributed by atoms with van der Waals surface area (Å²) in [6, 6.07) is 0. The molecule has 0 spiro atoms. The van der Waals surface area contributed by atoms with E-state index < -0.39 is 0 Å². The van der Waals surface area contributed by atoms with Gasteiger partial charge < -0.3 is 10.5 Å². The fourth-order valence-electron chi connectivity index (χ4n) is 2.03. The minimum absolute atomic E-state index is 0.368. The van der Waals surface area contributed by atoms with Gasteiger partial charge in [-0.05, 0) is 43.2 Å². The normalized spacial score (nSPS) is 12.0. The molecule has 0 atom stereocenters. The number of hydrogen-bond donors (Lipinski definition) is 1. The van der Waals surface area contributed by atoms with Crippen LogP contribution in [0.2, 0.25) is 0 Å². The summed E-state index contributed by atoms with van der Waals surface area (Å²) in [6.45, 7) is 8.23. The second-order valence-corrected chi connectivity index (χ2v) is 4.00. The van der Waals surface area contributed by atoms with E-state index in [1.54, 1.807) is 0 Å². The summed E-state index contributed by atoms with van der Waals surface area (Å²) in [7, 11) is 0. The minimum Gasteiger partial charge on any atom is -0.367 e. The van der Waals surface area contributed by atoms with Gasteiger partial charge in [-0.3, -0.25) is 0 Å². The molecule has 17 heavy (non-hydrogen) atoms. The Balaban J connectivity index is 2.97. The van der Waals surface area contributed by atoms with Crippen molar-refractivity contribution in [2.75, 3.05) is 13.2 Å². The molecule has 0 fully saturated rings. The molecule has 6 nitrogen and oxygen atoms in total. The van der Waals surface area contributed by atoms with Crippen molar-refractivity contribution in [3.63, 3.8) is 0 Å². The van der Waals surface area contributed by atoms with Crippen molar-refractivity contribution >= 4 is 0 Å². The lowest BCUT2D eigenvalue weighted by Gasteiger charge is -2.30. The molecule has 0 saturated heterocycles. The van der Waals surface area contributed by atoms with Crippen molar-refractivity contribution in [2.45, 2.75) is 52.2 Å². The lowest BCUT2D eigenvalue weighted by Crippen LogP contribution is -2.32. The van der Waals surface area contributed by atoms with Crippen LogP contribution in [0.15, 0.2) is 0 Å².